The largest absolute Gasteiger partial charge is 0.488 e. The van der Waals surface area contributed by atoms with Gasteiger partial charge in [-0.2, -0.15) is 0 Å². The third kappa shape index (κ3) is 5.99. The van der Waals surface area contributed by atoms with Crippen LogP contribution in [-0.2, 0) is 0 Å². The van der Waals surface area contributed by atoms with Crippen LogP contribution < -0.4 is 10.1 Å². The molecule has 0 radical (unpaired) electrons. The van der Waals surface area contributed by atoms with Gasteiger partial charge < -0.3 is 20.1 Å². The second-order valence-electron chi connectivity index (χ2n) is 5.50. The van der Waals surface area contributed by atoms with E-state index in [1.165, 1.54) is 32.0 Å². The van der Waals surface area contributed by atoms with E-state index in [0.717, 1.165) is 19.5 Å². The van der Waals surface area contributed by atoms with Gasteiger partial charge in [0.2, 0.25) is 0 Å². The Morgan fingerprint density at radius 1 is 1.29 bits per heavy atom. The lowest BCUT2D eigenvalue weighted by Gasteiger charge is -2.16. The summed E-state index contributed by atoms with van der Waals surface area (Å²) in [5.41, 5.74) is 0. The number of hydrogen-bond donors (Lipinski definition) is 2. The fourth-order valence-electron chi connectivity index (χ4n) is 2.51. The molecule has 1 heterocycles. The molecular formula is C16H25FN2O2. The molecule has 0 aromatic heterocycles. The second-order valence-corrected chi connectivity index (χ2v) is 5.50. The molecule has 0 spiro atoms. The second kappa shape index (κ2) is 8.97. The van der Waals surface area contributed by atoms with Crippen LogP contribution in [0.15, 0.2) is 24.3 Å². The molecule has 1 aromatic carbocycles. The van der Waals surface area contributed by atoms with Crippen LogP contribution in [0.1, 0.15) is 19.3 Å². The van der Waals surface area contributed by atoms with Gasteiger partial charge in [0.1, 0.15) is 12.7 Å². The van der Waals surface area contributed by atoms with Crippen LogP contribution in [0.25, 0.3) is 0 Å². The van der Waals surface area contributed by atoms with Crippen LogP contribution in [0.2, 0.25) is 0 Å². The number of aliphatic hydroxyl groups is 1. The van der Waals surface area contributed by atoms with Crippen LogP contribution in [0, 0.1) is 5.82 Å². The minimum Gasteiger partial charge on any atom is -0.488 e. The average Bonchev–Trinajstić information content (AvgIpc) is 2.99. The summed E-state index contributed by atoms with van der Waals surface area (Å²) in [5, 5.41) is 13.0. The molecule has 1 saturated heterocycles. The van der Waals surface area contributed by atoms with Gasteiger partial charge in [0.15, 0.2) is 11.6 Å². The summed E-state index contributed by atoms with van der Waals surface area (Å²) in [6.45, 7) is 5.01. The summed E-state index contributed by atoms with van der Waals surface area (Å²) in [7, 11) is 0. The zero-order chi connectivity index (χ0) is 14.9. The van der Waals surface area contributed by atoms with E-state index in [-0.39, 0.29) is 12.4 Å². The number of nitrogens with one attached hydrogen (secondary N) is 1. The fraction of sp³-hybridized carbons (Fsp3) is 0.625. The lowest BCUT2D eigenvalue weighted by molar-refractivity contribution is 0.104. The Morgan fingerprint density at radius 2 is 2.05 bits per heavy atom. The van der Waals surface area contributed by atoms with Gasteiger partial charge in [-0.25, -0.2) is 4.39 Å². The Bertz CT molecular complexity index is 411. The number of aliphatic hydroxyl groups excluding tert-OH is 1. The lowest BCUT2D eigenvalue weighted by Crippen LogP contribution is -2.33. The maximum absolute atomic E-state index is 13.3. The highest BCUT2D eigenvalue weighted by Gasteiger charge is 2.10. The Kier molecular flexibility index (Phi) is 6.92. The van der Waals surface area contributed by atoms with Gasteiger partial charge in [-0.3, -0.25) is 0 Å². The maximum Gasteiger partial charge on any atom is 0.165 e. The third-order valence-electron chi connectivity index (χ3n) is 3.67. The van der Waals surface area contributed by atoms with Gasteiger partial charge in [0, 0.05) is 6.54 Å². The highest BCUT2D eigenvalue weighted by Crippen LogP contribution is 2.15. The molecular weight excluding hydrogens is 271 g/mol. The third-order valence-corrected chi connectivity index (χ3v) is 3.67. The van der Waals surface area contributed by atoms with E-state index in [2.05, 4.69) is 10.2 Å². The van der Waals surface area contributed by atoms with Crippen molar-refractivity contribution in [3.63, 3.8) is 0 Å². The Morgan fingerprint density at radius 3 is 2.81 bits per heavy atom. The van der Waals surface area contributed by atoms with E-state index < -0.39 is 11.9 Å². The monoisotopic (exact) mass is 296 g/mol. The summed E-state index contributed by atoms with van der Waals surface area (Å²) in [4.78, 5) is 2.47. The molecule has 2 rings (SSSR count). The molecule has 0 amide bonds. The van der Waals surface area contributed by atoms with E-state index in [1.54, 1.807) is 18.2 Å². The SMILES string of the molecule is OC(CNCCCN1CCCC1)COc1ccccc1F. The van der Waals surface area contributed by atoms with Gasteiger partial charge in [-0.05, 0) is 57.6 Å². The highest BCUT2D eigenvalue weighted by atomic mass is 19.1. The molecule has 0 saturated carbocycles. The quantitative estimate of drug-likeness (QED) is 0.680. The summed E-state index contributed by atoms with van der Waals surface area (Å²) in [5.74, 6) is -0.214. The van der Waals surface area contributed by atoms with Gasteiger partial charge >= 0.3 is 0 Å². The van der Waals surface area contributed by atoms with Crippen molar-refractivity contribution in [1.82, 2.24) is 10.2 Å². The number of para-hydroxylation sites is 1. The predicted molar refractivity (Wildman–Crippen MR) is 81.1 cm³/mol. The van der Waals surface area contributed by atoms with Gasteiger partial charge in [-0.15, -0.1) is 0 Å². The number of likely N-dealkylation sites (tertiary alicyclic amines) is 1. The predicted octanol–water partition coefficient (Wildman–Crippen LogP) is 1.64. The van der Waals surface area contributed by atoms with E-state index in [4.69, 9.17) is 4.74 Å². The van der Waals surface area contributed by atoms with Gasteiger partial charge in [0.25, 0.3) is 0 Å². The molecule has 2 N–H and O–H groups in total. The smallest absolute Gasteiger partial charge is 0.165 e. The molecule has 1 atom stereocenters. The molecule has 1 aromatic rings. The number of rotatable bonds is 9. The van der Waals surface area contributed by atoms with E-state index in [9.17, 15) is 9.50 Å². The molecule has 1 aliphatic heterocycles. The van der Waals surface area contributed by atoms with Crippen LogP contribution >= 0.6 is 0 Å². The van der Waals surface area contributed by atoms with Crippen molar-refractivity contribution < 1.29 is 14.2 Å². The fourth-order valence-corrected chi connectivity index (χ4v) is 2.51. The van der Waals surface area contributed by atoms with Gasteiger partial charge in [-0.1, -0.05) is 12.1 Å². The van der Waals surface area contributed by atoms with Crippen LogP contribution in [0.4, 0.5) is 4.39 Å². The standard InChI is InChI=1S/C16H25FN2O2/c17-15-6-1-2-7-16(15)21-13-14(20)12-18-8-5-11-19-9-3-4-10-19/h1-2,6-7,14,18,20H,3-5,8-13H2. The van der Waals surface area contributed by atoms with Crippen LogP contribution in [-0.4, -0.2) is 55.4 Å². The Balaban J connectivity index is 1.51. The topological polar surface area (TPSA) is 44.7 Å². The van der Waals surface area contributed by atoms with Crippen molar-refractivity contribution in [1.29, 1.82) is 0 Å². The van der Waals surface area contributed by atoms with E-state index >= 15 is 0 Å². The zero-order valence-electron chi connectivity index (χ0n) is 12.4. The minimum absolute atomic E-state index is 0.0973. The molecule has 0 bridgehead atoms. The first kappa shape index (κ1) is 16.2. The normalized spacial score (nSPS) is 17.0. The molecule has 5 heteroatoms. The Hall–Kier alpha value is -1.17. The molecule has 4 nitrogen and oxygen atoms in total. The molecule has 1 fully saturated rings. The van der Waals surface area contributed by atoms with Crippen molar-refractivity contribution in [3.8, 4) is 5.75 Å². The zero-order valence-corrected chi connectivity index (χ0v) is 12.4. The molecule has 0 aliphatic carbocycles. The molecule has 21 heavy (non-hydrogen) atoms. The van der Waals surface area contributed by atoms with Crippen molar-refractivity contribution in [2.75, 3.05) is 39.3 Å². The summed E-state index contributed by atoms with van der Waals surface area (Å²) in [6, 6.07) is 6.23. The first-order valence-corrected chi connectivity index (χ1v) is 7.74. The van der Waals surface area contributed by atoms with Crippen molar-refractivity contribution >= 4 is 0 Å². The van der Waals surface area contributed by atoms with Crippen LogP contribution in [0.5, 0.6) is 5.75 Å². The van der Waals surface area contributed by atoms with Crippen LogP contribution in [0.3, 0.4) is 0 Å². The summed E-state index contributed by atoms with van der Waals surface area (Å²) >= 11 is 0. The number of hydrogen-bond acceptors (Lipinski definition) is 4. The van der Waals surface area contributed by atoms with Gasteiger partial charge in [0.05, 0.1) is 0 Å². The van der Waals surface area contributed by atoms with Crippen molar-refractivity contribution in [2.45, 2.75) is 25.4 Å². The number of halogens is 1. The maximum atomic E-state index is 13.3. The average molecular weight is 296 g/mol. The molecule has 1 aliphatic rings. The molecule has 1 unspecified atom stereocenters. The Labute approximate surface area is 125 Å². The summed E-state index contributed by atoms with van der Waals surface area (Å²) in [6.07, 6.45) is 3.09. The lowest BCUT2D eigenvalue weighted by atomic mass is 10.3. The number of ether oxygens (including phenoxy) is 1. The minimum atomic E-state index is -0.628. The number of nitrogens with zero attached hydrogens (tertiary/aromatic N) is 1. The van der Waals surface area contributed by atoms with Crippen molar-refractivity contribution in [3.05, 3.63) is 30.1 Å². The first-order chi connectivity index (χ1) is 10.3. The van der Waals surface area contributed by atoms with E-state index in [0.29, 0.717) is 6.54 Å². The first-order valence-electron chi connectivity index (χ1n) is 7.74. The van der Waals surface area contributed by atoms with Crippen molar-refractivity contribution in [2.24, 2.45) is 0 Å². The summed E-state index contributed by atoms with van der Waals surface area (Å²) < 4.78 is 18.6. The van der Waals surface area contributed by atoms with E-state index in [1.807, 2.05) is 0 Å². The molecule has 118 valence electrons. The number of benzene rings is 1. The highest BCUT2D eigenvalue weighted by molar-refractivity contribution is 5.23.